The fourth-order valence-electron chi connectivity index (χ4n) is 1.79. The van der Waals surface area contributed by atoms with E-state index in [-0.39, 0.29) is 6.61 Å². The standard InChI is InChI=1S/C15H28N4OS/c1-3-6-13-18-14(16-7-4-2)12-15(19-13)17-8-11-21-10-5-9-20/h12,20H,3-11H2,1-2H3,(H2,16,17,18,19). The zero-order valence-corrected chi connectivity index (χ0v) is 14.0. The van der Waals surface area contributed by atoms with Crippen molar-refractivity contribution in [1.29, 1.82) is 0 Å². The quantitative estimate of drug-likeness (QED) is 0.516. The molecule has 6 heteroatoms. The highest BCUT2D eigenvalue weighted by Crippen LogP contribution is 2.13. The highest BCUT2D eigenvalue weighted by Gasteiger charge is 2.03. The van der Waals surface area contributed by atoms with Gasteiger partial charge in [-0.25, -0.2) is 9.97 Å². The molecule has 21 heavy (non-hydrogen) atoms. The predicted molar refractivity (Wildman–Crippen MR) is 92.3 cm³/mol. The zero-order valence-electron chi connectivity index (χ0n) is 13.2. The first-order valence-electron chi connectivity index (χ1n) is 7.84. The lowest BCUT2D eigenvalue weighted by atomic mass is 10.3. The minimum Gasteiger partial charge on any atom is -0.396 e. The number of aromatic nitrogens is 2. The van der Waals surface area contributed by atoms with Gasteiger partial charge in [-0.15, -0.1) is 0 Å². The molecule has 0 aliphatic heterocycles. The third-order valence-electron chi connectivity index (χ3n) is 2.80. The maximum Gasteiger partial charge on any atom is 0.133 e. The molecule has 0 saturated heterocycles. The second-order valence-corrected chi connectivity index (χ2v) is 6.07. The fourth-order valence-corrected chi connectivity index (χ4v) is 2.57. The van der Waals surface area contributed by atoms with Crippen molar-refractivity contribution in [2.45, 2.75) is 39.5 Å². The van der Waals surface area contributed by atoms with Gasteiger partial charge >= 0.3 is 0 Å². The van der Waals surface area contributed by atoms with E-state index in [0.29, 0.717) is 0 Å². The number of anilines is 2. The van der Waals surface area contributed by atoms with Gasteiger partial charge in [0.1, 0.15) is 17.5 Å². The van der Waals surface area contributed by atoms with Gasteiger partial charge in [-0.1, -0.05) is 13.8 Å². The molecule has 0 aromatic carbocycles. The van der Waals surface area contributed by atoms with Gasteiger partial charge in [0.2, 0.25) is 0 Å². The summed E-state index contributed by atoms with van der Waals surface area (Å²) in [5, 5.41) is 15.4. The molecule has 0 bridgehead atoms. The van der Waals surface area contributed by atoms with Crippen LogP contribution in [0.5, 0.6) is 0 Å². The summed E-state index contributed by atoms with van der Waals surface area (Å²) in [5.41, 5.74) is 0. The van der Waals surface area contributed by atoms with Gasteiger partial charge in [0.25, 0.3) is 0 Å². The van der Waals surface area contributed by atoms with Crippen molar-refractivity contribution in [3.8, 4) is 0 Å². The van der Waals surface area contributed by atoms with Crippen molar-refractivity contribution in [3.05, 3.63) is 11.9 Å². The number of rotatable bonds is 12. The first-order chi connectivity index (χ1) is 10.3. The van der Waals surface area contributed by atoms with E-state index in [2.05, 4.69) is 34.4 Å². The maximum atomic E-state index is 8.73. The average Bonchev–Trinajstić information content (AvgIpc) is 2.49. The number of hydrogen-bond donors (Lipinski definition) is 3. The summed E-state index contributed by atoms with van der Waals surface area (Å²) in [6.07, 6.45) is 3.90. The van der Waals surface area contributed by atoms with Crippen LogP contribution in [0.25, 0.3) is 0 Å². The molecule has 0 amide bonds. The fraction of sp³-hybridized carbons (Fsp3) is 0.733. The Hall–Kier alpha value is -1.01. The number of nitrogens with zero attached hydrogens (tertiary/aromatic N) is 2. The van der Waals surface area contributed by atoms with Gasteiger partial charge in [0.15, 0.2) is 0 Å². The van der Waals surface area contributed by atoms with Crippen molar-refractivity contribution < 1.29 is 5.11 Å². The van der Waals surface area contributed by atoms with Crippen LogP contribution in [0.15, 0.2) is 6.07 Å². The minimum absolute atomic E-state index is 0.277. The van der Waals surface area contributed by atoms with E-state index < -0.39 is 0 Å². The van der Waals surface area contributed by atoms with Gasteiger partial charge in [0.05, 0.1) is 0 Å². The number of aliphatic hydroxyl groups is 1. The van der Waals surface area contributed by atoms with Crippen LogP contribution in [0.2, 0.25) is 0 Å². The summed E-state index contributed by atoms with van der Waals surface area (Å²) in [7, 11) is 0. The van der Waals surface area contributed by atoms with Crippen molar-refractivity contribution in [2.24, 2.45) is 0 Å². The highest BCUT2D eigenvalue weighted by molar-refractivity contribution is 7.99. The van der Waals surface area contributed by atoms with Gasteiger partial charge in [-0.2, -0.15) is 11.8 Å². The van der Waals surface area contributed by atoms with E-state index in [9.17, 15) is 0 Å². The number of nitrogens with one attached hydrogen (secondary N) is 2. The summed E-state index contributed by atoms with van der Waals surface area (Å²) in [6.45, 7) is 6.37. The monoisotopic (exact) mass is 312 g/mol. The van der Waals surface area contributed by atoms with E-state index in [4.69, 9.17) is 5.11 Å². The molecule has 3 N–H and O–H groups in total. The summed E-state index contributed by atoms with van der Waals surface area (Å²) in [6, 6.07) is 1.98. The third-order valence-corrected chi connectivity index (χ3v) is 3.87. The number of aliphatic hydroxyl groups excluding tert-OH is 1. The molecule has 1 aromatic heterocycles. The molecule has 1 heterocycles. The van der Waals surface area contributed by atoms with Gasteiger partial charge < -0.3 is 15.7 Å². The Morgan fingerprint density at radius 1 is 1.05 bits per heavy atom. The molecule has 120 valence electrons. The van der Waals surface area contributed by atoms with Crippen molar-refractivity contribution in [1.82, 2.24) is 9.97 Å². The second kappa shape index (κ2) is 11.6. The Labute approximate surface area is 132 Å². The largest absolute Gasteiger partial charge is 0.396 e. The van der Waals surface area contributed by atoms with Crippen LogP contribution >= 0.6 is 11.8 Å². The van der Waals surface area contributed by atoms with Crippen LogP contribution in [0.3, 0.4) is 0 Å². The summed E-state index contributed by atoms with van der Waals surface area (Å²) in [5.74, 6) is 4.73. The predicted octanol–water partition coefficient (Wildman–Crippen LogP) is 2.78. The van der Waals surface area contributed by atoms with Crippen LogP contribution in [0.4, 0.5) is 11.6 Å². The van der Waals surface area contributed by atoms with Crippen molar-refractivity contribution >= 4 is 23.4 Å². The summed E-state index contributed by atoms with van der Waals surface area (Å²) < 4.78 is 0. The maximum absolute atomic E-state index is 8.73. The molecule has 0 spiro atoms. The summed E-state index contributed by atoms with van der Waals surface area (Å²) in [4.78, 5) is 9.09. The lowest BCUT2D eigenvalue weighted by Gasteiger charge is -2.10. The molecule has 5 nitrogen and oxygen atoms in total. The Balaban J connectivity index is 2.48. The molecule has 1 aromatic rings. The van der Waals surface area contributed by atoms with E-state index in [0.717, 1.165) is 67.7 Å². The van der Waals surface area contributed by atoms with Crippen LogP contribution in [0.1, 0.15) is 38.9 Å². The molecule has 0 saturated carbocycles. The lowest BCUT2D eigenvalue weighted by molar-refractivity contribution is 0.296. The van der Waals surface area contributed by atoms with Crippen LogP contribution in [-0.2, 0) is 6.42 Å². The van der Waals surface area contributed by atoms with Crippen LogP contribution in [-0.4, -0.2) is 46.3 Å². The third kappa shape index (κ3) is 8.12. The number of hydrogen-bond acceptors (Lipinski definition) is 6. The summed E-state index contributed by atoms with van der Waals surface area (Å²) >= 11 is 1.85. The van der Waals surface area contributed by atoms with E-state index in [1.807, 2.05) is 17.8 Å². The van der Waals surface area contributed by atoms with Gasteiger partial charge in [0, 0.05) is 37.9 Å². The zero-order chi connectivity index (χ0) is 15.3. The Morgan fingerprint density at radius 3 is 2.38 bits per heavy atom. The van der Waals surface area contributed by atoms with Crippen LogP contribution < -0.4 is 10.6 Å². The van der Waals surface area contributed by atoms with Gasteiger partial charge in [-0.3, -0.25) is 0 Å². The molecule has 0 atom stereocenters. The molecule has 0 unspecified atom stereocenters. The SMILES string of the molecule is CCCNc1cc(NCCSCCCO)nc(CCC)n1. The smallest absolute Gasteiger partial charge is 0.133 e. The molecule has 0 aliphatic carbocycles. The van der Waals surface area contributed by atoms with E-state index in [1.165, 1.54) is 0 Å². The van der Waals surface area contributed by atoms with E-state index >= 15 is 0 Å². The first-order valence-corrected chi connectivity index (χ1v) is 8.99. The molecular formula is C15H28N4OS. The Morgan fingerprint density at radius 2 is 1.76 bits per heavy atom. The molecule has 0 fully saturated rings. The molecule has 0 radical (unpaired) electrons. The molecular weight excluding hydrogens is 284 g/mol. The van der Waals surface area contributed by atoms with E-state index in [1.54, 1.807) is 0 Å². The van der Waals surface area contributed by atoms with Crippen molar-refractivity contribution in [3.63, 3.8) is 0 Å². The normalized spacial score (nSPS) is 10.6. The molecule has 0 aliphatic rings. The topological polar surface area (TPSA) is 70.1 Å². The Bertz CT molecular complexity index is 390. The molecule has 1 rings (SSSR count). The first kappa shape index (κ1) is 18.0. The lowest BCUT2D eigenvalue weighted by Crippen LogP contribution is -2.11. The number of thioether (sulfide) groups is 1. The minimum atomic E-state index is 0.277. The second-order valence-electron chi connectivity index (χ2n) is 4.85. The highest BCUT2D eigenvalue weighted by atomic mass is 32.2. The Kier molecular flexibility index (Phi) is 9.99. The van der Waals surface area contributed by atoms with Crippen LogP contribution in [0, 0.1) is 0 Å². The average molecular weight is 312 g/mol. The van der Waals surface area contributed by atoms with Gasteiger partial charge in [-0.05, 0) is 25.0 Å². The number of aryl methyl sites for hydroxylation is 1. The van der Waals surface area contributed by atoms with Crippen molar-refractivity contribution in [2.75, 3.05) is 41.8 Å².